The molecule has 0 radical (unpaired) electrons. The number of nitrogens with zero attached hydrogens (tertiary/aromatic N) is 1. The number of ether oxygens (including phenoxy) is 1. The van der Waals surface area contributed by atoms with Crippen LogP contribution in [-0.2, 0) is 11.3 Å². The molecular formula is C15H13BrN2O. The van der Waals surface area contributed by atoms with Gasteiger partial charge in [-0.05, 0) is 40.2 Å². The second-order valence-corrected chi connectivity index (χ2v) is 4.88. The number of hydrogen-bond acceptors (Lipinski definition) is 3. The Morgan fingerprint density at radius 1 is 1.26 bits per heavy atom. The standard InChI is InChI=1S/C15H13BrN2O/c1-19-10-12-4-2-3-5-15(12)18-13-7-6-11(9-17)14(16)8-13/h2-8,18H,10H2,1H3. The Labute approximate surface area is 121 Å². The minimum absolute atomic E-state index is 0.556. The number of para-hydroxylation sites is 1. The molecule has 0 atom stereocenters. The molecule has 0 saturated carbocycles. The molecule has 0 aromatic heterocycles. The Hall–Kier alpha value is -1.83. The number of benzene rings is 2. The summed E-state index contributed by atoms with van der Waals surface area (Å²) in [5.41, 5.74) is 3.64. The van der Waals surface area contributed by atoms with Gasteiger partial charge in [-0.2, -0.15) is 5.26 Å². The zero-order valence-corrected chi connectivity index (χ0v) is 12.1. The van der Waals surface area contributed by atoms with Gasteiger partial charge in [0.2, 0.25) is 0 Å². The molecule has 96 valence electrons. The van der Waals surface area contributed by atoms with Gasteiger partial charge in [0.15, 0.2) is 0 Å². The highest BCUT2D eigenvalue weighted by atomic mass is 79.9. The number of anilines is 2. The van der Waals surface area contributed by atoms with Crippen LogP contribution >= 0.6 is 15.9 Å². The molecule has 0 unspecified atom stereocenters. The number of hydrogen-bond donors (Lipinski definition) is 1. The van der Waals surface area contributed by atoms with Crippen LogP contribution in [0.4, 0.5) is 11.4 Å². The first-order valence-corrected chi connectivity index (χ1v) is 6.57. The normalized spacial score (nSPS) is 9.95. The molecule has 0 spiro atoms. The zero-order chi connectivity index (χ0) is 13.7. The van der Waals surface area contributed by atoms with Crippen LogP contribution < -0.4 is 5.32 Å². The third-order valence-electron chi connectivity index (χ3n) is 2.69. The Morgan fingerprint density at radius 3 is 2.74 bits per heavy atom. The highest BCUT2D eigenvalue weighted by molar-refractivity contribution is 9.10. The van der Waals surface area contributed by atoms with Gasteiger partial charge in [-0.3, -0.25) is 0 Å². The molecule has 3 nitrogen and oxygen atoms in total. The van der Waals surface area contributed by atoms with Crippen molar-refractivity contribution >= 4 is 27.3 Å². The summed E-state index contributed by atoms with van der Waals surface area (Å²) in [6.45, 7) is 0.556. The maximum absolute atomic E-state index is 8.90. The summed E-state index contributed by atoms with van der Waals surface area (Å²) in [6, 6.07) is 15.7. The van der Waals surface area contributed by atoms with Crippen molar-refractivity contribution in [2.45, 2.75) is 6.61 Å². The molecule has 19 heavy (non-hydrogen) atoms. The number of nitrogens with one attached hydrogen (secondary N) is 1. The Kier molecular flexibility index (Phi) is 4.56. The minimum atomic E-state index is 0.556. The van der Waals surface area contributed by atoms with Gasteiger partial charge in [-0.1, -0.05) is 18.2 Å². The van der Waals surface area contributed by atoms with E-state index in [4.69, 9.17) is 10.00 Å². The van der Waals surface area contributed by atoms with Gasteiger partial charge in [0, 0.05) is 28.5 Å². The van der Waals surface area contributed by atoms with E-state index in [9.17, 15) is 0 Å². The fourth-order valence-electron chi connectivity index (χ4n) is 1.76. The predicted octanol–water partition coefficient (Wildman–Crippen LogP) is 4.21. The maximum atomic E-state index is 8.90. The Morgan fingerprint density at radius 2 is 2.05 bits per heavy atom. The van der Waals surface area contributed by atoms with E-state index in [0.29, 0.717) is 12.2 Å². The van der Waals surface area contributed by atoms with Crippen LogP contribution in [0.1, 0.15) is 11.1 Å². The zero-order valence-electron chi connectivity index (χ0n) is 10.5. The van der Waals surface area contributed by atoms with Gasteiger partial charge >= 0.3 is 0 Å². The molecule has 0 amide bonds. The SMILES string of the molecule is COCc1ccccc1Nc1ccc(C#N)c(Br)c1. The maximum Gasteiger partial charge on any atom is 0.100 e. The number of halogens is 1. The molecule has 2 aromatic carbocycles. The van der Waals surface area contributed by atoms with Crippen molar-refractivity contribution in [3.63, 3.8) is 0 Å². The van der Waals surface area contributed by atoms with Crippen LogP contribution in [0, 0.1) is 11.3 Å². The largest absolute Gasteiger partial charge is 0.380 e. The van der Waals surface area contributed by atoms with Gasteiger partial charge in [0.05, 0.1) is 12.2 Å². The third kappa shape index (κ3) is 3.34. The molecule has 0 bridgehead atoms. The summed E-state index contributed by atoms with van der Waals surface area (Å²) >= 11 is 3.38. The van der Waals surface area contributed by atoms with Crippen LogP contribution in [0.3, 0.4) is 0 Å². The average molecular weight is 317 g/mol. The fourth-order valence-corrected chi connectivity index (χ4v) is 2.23. The van der Waals surface area contributed by atoms with E-state index in [-0.39, 0.29) is 0 Å². The molecule has 2 rings (SSSR count). The smallest absolute Gasteiger partial charge is 0.100 e. The molecule has 0 aliphatic heterocycles. The first kappa shape index (κ1) is 13.6. The van der Waals surface area contributed by atoms with Crippen molar-refractivity contribution in [2.24, 2.45) is 0 Å². The molecule has 0 fully saturated rings. The first-order chi connectivity index (χ1) is 9.24. The molecule has 0 saturated heterocycles. The van der Waals surface area contributed by atoms with Crippen molar-refractivity contribution in [2.75, 3.05) is 12.4 Å². The average Bonchev–Trinajstić information content (AvgIpc) is 2.41. The van der Waals surface area contributed by atoms with E-state index in [0.717, 1.165) is 21.4 Å². The third-order valence-corrected chi connectivity index (χ3v) is 3.34. The van der Waals surface area contributed by atoms with Crippen molar-refractivity contribution in [1.82, 2.24) is 0 Å². The van der Waals surface area contributed by atoms with Gasteiger partial charge < -0.3 is 10.1 Å². The van der Waals surface area contributed by atoms with E-state index >= 15 is 0 Å². The Bertz CT molecular complexity index is 620. The molecule has 1 N–H and O–H groups in total. The summed E-state index contributed by atoms with van der Waals surface area (Å²) in [5, 5.41) is 12.2. The van der Waals surface area contributed by atoms with E-state index in [1.165, 1.54) is 0 Å². The van der Waals surface area contributed by atoms with Crippen molar-refractivity contribution in [3.8, 4) is 6.07 Å². The lowest BCUT2D eigenvalue weighted by Gasteiger charge is -2.12. The van der Waals surface area contributed by atoms with E-state index in [1.54, 1.807) is 13.2 Å². The van der Waals surface area contributed by atoms with Crippen LogP contribution in [0.2, 0.25) is 0 Å². The topological polar surface area (TPSA) is 45.0 Å². The van der Waals surface area contributed by atoms with E-state index in [2.05, 4.69) is 27.3 Å². The van der Waals surface area contributed by atoms with Gasteiger partial charge in [0.25, 0.3) is 0 Å². The van der Waals surface area contributed by atoms with Gasteiger partial charge in [-0.15, -0.1) is 0 Å². The summed E-state index contributed by atoms with van der Waals surface area (Å²) in [7, 11) is 1.68. The predicted molar refractivity (Wildman–Crippen MR) is 79.3 cm³/mol. The lowest BCUT2D eigenvalue weighted by molar-refractivity contribution is 0.185. The fraction of sp³-hybridized carbons (Fsp3) is 0.133. The molecule has 0 aliphatic carbocycles. The highest BCUT2D eigenvalue weighted by Crippen LogP contribution is 2.25. The lowest BCUT2D eigenvalue weighted by Crippen LogP contribution is -1.97. The molecule has 0 aliphatic rings. The summed E-state index contributed by atoms with van der Waals surface area (Å²) in [4.78, 5) is 0. The second-order valence-electron chi connectivity index (χ2n) is 4.02. The van der Waals surface area contributed by atoms with Crippen LogP contribution in [0.15, 0.2) is 46.9 Å². The van der Waals surface area contributed by atoms with Gasteiger partial charge in [0.1, 0.15) is 6.07 Å². The van der Waals surface area contributed by atoms with Gasteiger partial charge in [-0.25, -0.2) is 0 Å². The van der Waals surface area contributed by atoms with Crippen molar-refractivity contribution < 1.29 is 4.74 Å². The quantitative estimate of drug-likeness (QED) is 0.919. The Balaban J connectivity index is 2.26. The number of nitriles is 1. The number of rotatable bonds is 4. The van der Waals surface area contributed by atoms with Crippen molar-refractivity contribution in [1.29, 1.82) is 5.26 Å². The minimum Gasteiger partial charge on any atom is -0.380 e. The summed E-state index contributed by atoms with van der Waals surface area (Å²) < 4.78 is 5.96. The van der Waals surface area contributed by atoms with Crippen LogP contribution in [-0.4, -0.2) is 7.11 Å². The highest BCUT2D eigenvalue weighted by Gasteiger charge is 2.04. The van der Waals surface area contributed by atoms with E-state index in [1.807, 2.05) is 36.4 Å². The molecule has 4 heteroatoms. The first-order valence-electron chi connectivity index (χ1n) is 5.78. The van der Waals surface area contributed by atoms with E-state index < -0.39 is 0 Å². The van der Waals surface area contributed by atoms with Crippen LogP contribution in [0.5, 0.6) is 0 Å². The number of methoxy groups -OCH3 is 1. The summed E-state index contributed by atoms with van der Waals surface area (Å²) in [6.07, 6.45) is 0. The second kappa shape index (κ2) is 6.37. The summed E-state index contributed by atoms with van der Waals surface area (Å²) in [5.74, 6) is 0. The molecule has 2 aromatic rings. The monoisotopic (exact) mass is 316 g/mol. The molecule has 0 heterocycles. The molecular weight excluding hydrogens is 304 g/mol. The lowest BCUT2D eigenvalue weighted by atomic mass is 10.1. The van der Waals surface area contributed by atoms with Crippen LogP contribution in [0.25, 0.3) is 0 Å². The van der Waals surface area contributed by atoms with Crippen molar-refractivity contribution in [3.05, 3.63) is 58.1 Å².